The van der Waals surface area contributed by atoms with Crippen molar-refractivity contribution < 1.29 is 19.4 Å². The summed E-state index contributed by atoms with van der Waals surface area (Å²) in [5.41, 5.74) is 0. The molecular formula is C12H19NO4. The van der Waals surface area contributed by atoms with Crippen molar-refractivity contribution in [2.75, 3.05) is 26.3 Å². The smallest absolute Gasteiger partial charge is 0.328 e. The Hall–Kier alpha value is -1.36. The molecule has 1 fully saturated rings. The molecule has 1 N–H and O–H groups in total. The Morgan fingerprint density at radius 3 is 2.71 bits per heavy atom. The summed E-state index contributed by atoms with van der Waals surface area (Å²) in [4.78, 5) is 23.6. The van der Waals surface area contributed by atoms with Crippen LogP contribution in [0.1, 0.15) is 13.8 Å². The number of nitrogens with zero attached hydrogens (tertiary/aromatic N) is 1. The van der Waals surface area contributed by atoms with Gasteiger partial charge < -0.3 is 14.7 Å². The van der Waals surface area contributed by atoms with E-state index in [0.717, 1.165) is 12.2 Å². The highest BCUT2D eigenvalue weighted by atomic mass is 16.5. The van der Waals surface area contributed by atoms with Gasteiger partial charge in [-0.3, -0.25) is 4.79 Å². The zero-order valence-electron chi connectivity index (χ0n) is 10.3. The molecule has 1 saturated heterocycles. The summed E-state index contributed by atoms with van der Waals surface area (Å²) in [5.74, 6) is -0.601. The molecule has 5 nitrogen and oxygen atoms in total. The Morgan fingerprint density at radius 1 is 1.41 bits per heavy atom. The highest BCUT2D eigenvalue weighted by Crippen LogP contribution is 2.23. The van der Waals surface area contributed by atoms with Crippen LogP contribution in [0.5, 0.6) is 0 Å². The second kappa shape index (κ2) is 6.39. The van der Waals surface area contributed by atoms with Crippen LogP contribution in [0.15, 0.2) is 12.2 Å². The number of carbonyl (C=O) groups is 2. The fourth-order valence-electron chi connectivity index (χ4n) is 1.95. The first-order valence-electron chi connectivity index (χ1n) is 5.82. The Morgan fingerprint density at radius 2 is 2.12 bits per heavy atom. The molecule has 0 aromatic carbocycles. The van der Waals surface area contributed by atoms with Crippen molar-refractivity contribution in [1.29, 1.82) is 0 Å². The molecule has 17 heavy (non-hydrogen) atoms. The van der Waals surface area contributed by atoms with Crippen LogP contribution in [0, 0.1) is 11.8 Å². The summed E-state index contributed by atoms with van der Waals surface area (Å²) in [6.45, 7) is 6.67. The van der Waals surface area contributed by atoms with Crippen LogP contribution in [0.25, 0.3) is 0 Å². The third-order valence-corrected chi connectivity index (χ3v) is 2.98. The van der Waals surface area contributed by atoms with E-state index in [4.69, 9.17) is 9.84 Å². The molecule has 0 saturated carbocycles. The minimum atomic E-state index is -1.10. The Labute approximate surface area is 101 Å². The molecule has 1 aliphatic heterocycles. The lowest BCUT2D eigenvalue weighted by Crippen LogP contribution is -2.27. The number of carboxylic acids is 1. The maximum atomic E-state index is 11.6. The first-order chi connectivity index (χ1) is 8.04. The van der Waals surface area contributed by atoms with Crippen LogP contribution < -0.4 is 0 Å². The van der Waals surface area contributed by atoms with E-state index in [-0.39, 0.29) is 5.91 Å². The monoisotopic (exact) mass is 241 g/mol. The lowest BCUT2D eigenvalue weighted by atomic mass is 9.99. The van der Waals surface area contributed by atoms with Crippen LogP contribution in [-0.4, -0.2) is 48.2 Å². The molecule has 96 valence electrons. The number of carboxylic acid groups (broad SMARTS) is 1. The summed E-state index contributed by atoms with van der Waals surface area (Å²) < 4.78 is 5.36. The molecule has 5 heteroatoms. The SMILES string of the molecule is CCOC[C@H]1CN(C(=O)/C=C/C(=O)O)C[C@@H]1C. The van der Waals surface area contributed by atoms with Crippen LogP contribution in [0.4, 0.5) is 0 Å². The Balaban J connectivity index is 2.47. The molecular weight excluding hydrogens is 222 g/mol. The fourth-order valence-corrected chi connectivity index (χ4v) is 1.95. The summed E-state index contributed by atoms with van der Waals surface area (Å²) in [6.07, 6.45) is 1.99. The highest BCUT2D eigenvalue weighted by Gasteiger charge is 2.31. The van der Waals surface area contributed by atoms with Gasteiger partial charge in [0.2, 0.25) is 5.91 Å². The molecule has 0 aromatic heterocycles. The summed E-state index contributed by atoms with van der Waals surface area (Å²) >= 11 is 0. The summed E-state index contributed by atoms with van der Waals surface area (Å²) in [6, 6.07) is 0. The second-order valence-electron chi connectivity index (χ2n) is 4.31. The van der Waals surface area contributed by atoms with Gasteiger partial charge in [-0.25, -0.2) is 4.79 Å². The number of amides is 1. The van der Waals surface area contributed by atoms with E-state index in [1.54, 1.807) is 4.90 Å². The van der Waals surface area contributed by atoms with Crippen molar-refractivity contribution in [3.05, 3.63) is 12.2 Å². The highest BCUT2D eigenvalue weighted by molar-refractivity contribution is 5.94. The van der Waals surface area contributed by atoms with Gasteiger partial charge in [0.1, 0.15) is 0 Å². The van der Waals surface area contributed by atoms with Crippen molar-refractivity contribution in [2.24, 2.45) is 11.8 Å². The first kappa shape index (κ1) is 13.7. The van der Waals surface area contributed by atoms with Gasteiger partial charge in [-0.2, -0.15) is 0 Å². The second-order valence-corrected chi connectivity index (χ2v) is 4.31. The largest absolute Gasteiger partial charge is 0.478 e. The van der Waals surface area contributed by atoms with Gasteiger partial charge in [-0.05, 0) is 12.8 Å². The van der Waals surface area contributed by atoms with Crippen LogP contribution >= 0.6 is 0 Å². The molecule has 1 rings (SSSR count). The van der Waals surface area contributed by atoms with Crippen LogP contribution in [0.3, 0.4) is 0 Å². The van der Waals surface area contributed by atoms with Gasteiger partial charge in [-0.15, -0.1) is 0 Å². The minimum absolute atomic E-state index is 0.238. The first-order valence-corrected chi connectivity index (χ1v) is 5.82. The third-order valence-electron chi connectivity index (χ3n) is 2.98. The standard InChI is InChI=1S/C12H19NO4/c1-3-17-8-10-7-13(6-9(10)2)11(14)4-5-12(15)16/h4-5,9-10H,3,6-8H2,1-2H3,(H,15,16)/b5-4+/t9-,10+/m0/s1. The fraction of sp³-hybridized carbons (Fsp3) is 0.667. The molecule has 1 heterocycles. The molecule has 1 amide bonds. The van der Waals surface area contributed by atoms with Crippen molar-refractivity contribution in [3.8, 4) is 0 Å². The van der Waals surface area contributed by atoms with E-state index in [9.17, 15) is 9.59 Å². The predicted molar refractivity (Wildman–Crippen MR) is 62.5 cm³/mol. The molecule has 0 bridgehead atoms. The van der Waals surface area contributed by atoms with E-state index in [0.29, 0.717) is 38.1 Å². The number of hydrogen-bond donors (Lipinski definition) is 1. The topological polar surface area (TPSA) is 66.8 Å². The van der Waals surface area contributed by atoms with Crippen LogP contribution in [-0.2, 0) is 14.3 Å². The Kier molecular flexibility index (Phi) is 5.15. The van der Waals surface area contributed by atoms with Crippen molar-refractivity contribution in [1.82, 2.24) is 4.90 Å². The molecule has 0 spiro atoms. The minimum Gasteiger partial charge on any atom is -0.478 e. The van der Waals surface area contributed by atoms with Gasteiger partial charge in [0.15, 0.2) is 0 Å². The molecule has 0 unspecified atom stereocenters. The van der Waals surface area contributed by atoms with Crippen molar-refractivity contribution in [2.45, 2.75) is 13.8 Å². The zero-order chi connectivity index (χ0) is 12.8. The number of hydrogen-bond acceptors (Lipinski definition) is 3. The van der Waals surface area contributed by atoms with Gasteiger partial charge >= 0.3 is 5.97 Å². The lowest BCUT2D eigenvalue weighted by molar-refractivity contribution is -0.132. The molecule has 0 radical (unpaired) electrons. The van der Waals surface area contributed by atoms with Gasteiger partial charge in [0, 0.05) is 37.8 Å². The molecule has 1 aliphatic rings. The summed E-state index contributed by atoms with van der Waals surface area (Å²) in [7, 11) is 0. The van der Waals surface area contributed by atoms with E-state index >= 15 is 0 Å². The maximum Gasteiger partial charge on any atom is 0.328 e. The van der Waals surface area contributed by atoms with Gasteiger partial charge in [-0.1, -0.05) is 6.92 Å². The summed E-state index contributed by atoms with van der Waals surface area (Å²) in [5, 5.41) is 8.45. The average molecular weight is 241 g/mol. The Bertz CT molecular complexity index is 314. The number of aliphatic carboxylic acids is 1. The average Bonchev–Trinajstić information content (AvgIpc) is 2.65. The quantitative estimate of drug-likeness (QED) is 0.721. The van der Waals surface area contributed by atoms with E-state index in [2.05, 4.69) is 6.92 Å². The van der Waals surface area contributed by atoms with E-state index < -0.39 is 5.97 Å². The third kappa shape index (κ3) is 4.19. The molecule has 2 atom stereocenters. The number of likely N-dealkylation sites (tertiary alicyclic amines) is 1. The maximum absolute atomic E-state index is 11.6. The number of rotatable bonds is 5. The number of ether oxygens (including phenoxy) is 1. The normalized spacial score (nSPS) is 24.5. The lowest BCUT2D eigenvalue weighted by Gasteiger charge is -2.14. The van der Waals surface area contributed by atoms with Crippen molar-refractivity contribution in [3.63, 3.8) is 0 Å². The van der Waals surface area contributed by atoms with E-state index in [1.807, 2.05) is 6.92 Å². The van der Waals surface area contributed by atoms with Crippen LogP contribution in [0.2, 0.25) is 0 Å². The molecule has 0 aliphatic carbocycles. The zero-order valence-corrected chi connectivity index (χ0v) is 10.3. The predicted octanol–water partition coefficient (Wildman–Crippen LogP) is 0.758. The van der Waals surface area contributed by atoms with E-state index in [1.165, 1.54) is 0 Å². The number of carbonyl (C=O) groups excluding carboxylic acids is 1. The van der Waals surface area contributed by atoms with Crippen molar-refractivity contribution >= 4 is 11.9 Å². The molecule has 0 aromatic rings. The van der Waals surface area contributed by atoms with Gasteiger partial charge in [0.25, 0.3) is 0 Å². The van der Waals surface area contributed by atoms with Gasteiger partial charge in [0.05, 0.1) is 6.61 Å².